The maximum Gasteiger partial charge on any atom is 0.244 e. The van der Waals surface area contributed by atoms with Gasteiger partial charge in [-0.25, -0.2) is 13.1 Å². The molecule has 25 heavy (non-hydrogen) atoms. The molecule has 0 spiro atoms. The lowest BCUT2D eigenvalue weighted by Gasteiger charge is -2.25. The normalized spacial score (nSPS) is 15.4. The van der Waals surface area contributed by atoms with Crippen molar-refractivity contribution in [1.29, 1.82) is 0 Å². The Morgan fingerprint density at radius 3 is 2.48 bits per heavy atom. The van der Waals surface area contributed by atoms with Crippen LogP contribution in [0.3, 0.4) is 0 Å². The summed E-state index contributed by atoms with van der Waals surface area (Å²) in [6.45, 7) is 6.69. The van der Waals surface area contributed by atoms with Crippen molar-refractivity contribution in [1.82, 2.24) is 14.5 Å². The van der Waals surface area contributed by atoms with Crippen LogP contribution in [0.1, 0.15) is 31.1 Å². The lowest BCUT2D eigenvalue weighted by atomic mass is 9.97. The third-order valence-corrected chi connectivity index (χ3v) is 5.90. The van der Waals surface area contributed by atoms with E-state index < -0.39 is 10.0 Å². The summed E-state index contributed by atoms with van der Waals surface area (Å²) in [6, 6.07) is 5.15. The molecule has 1 N–H and O–H groups in total. The van der Waals surface area contributed by atoms with Crippen LogP contribution >= 0.6 is 0 Å². The van der Waals surface area contributed by atoms with E-state index in [2.05, 4.69) is 9.82 Å². The minimum Gasteiger partial charge on any atom is -0.486 e. The summed E-state index contributed by atoms with van der Waals surface area (Å²) >= 11 is 0. The molecule has 1 aliphatic rings. The van der Waals surface area contributed by atoms with Gasteiger partial charge in [0.1, 0.15) is 18.1 Å². The number of aryl methyl sites for hydroxylation is 1. The molecule has 3 rings (SSSR count). The van der Waals surface area contributed by atoms with Crippen molar-refractivity contribution in [3.8, 4) is 11.5 Å². The number of nitrogens with one attached hydrogen (secondary N) is 1. The molecule has 0 bridgehead atoms. The number of hydrogen-bond acceptors (Lipinski definition) is 5. The summed E-state index contributed by atoms with van der Waals surface area (Å²) in [5.74, 6) is 1.38. The van der Waals surface area contributed by atoms with Crippen LogP contribution in [0.4, 0.5) is 0 Å². The third kappa shape index (κ3) is 3.50. The standard InChI is InChI=1S/C17H23N3O4S/c1-11(2)17(13-5-6-14-15(9-13)24-8-7-23-14)19-25(21,22)16-10-18-20(4)12(16)3/h5-6,9-11,17,19H,7-8H2,1-4H3/t17-/m1/s1. The van der Waals surface area contributed by atoms with Crippen molar-refractivity contribution < 1.29 is 17.9 Å². The Morgan fingerprint density at radius 2 is 1.88 bits per heavy atom. The first kappa shape index (κ1) is 17.8. The maximum atomic E-state index is 12.8. The van der Waals surface area contributed by atoms with Crippen LogP contribution in [0.15, 0.2) is 29.3 Å². The predicted octanol–water partition coefficient (Wildman–Crippen LogP) is 2.18. The molecule has 1 aliphatic heterocycles. The second kappa shape index (κ2) is 6.68. The van der Waals surface area contributed by atoms with Gasteiger partial charge < -0.3 is 9.47 Å². The highest BCUT2D eigenvalue weighted by atomic mass is 32.2. The van der Waals surface area contributed by atoms with Gasteiger partial charge in [0.25, 0.3) is 0 Å². The van der Waals surface area contributed by atoms with Gasteiger partial charge in [-0.15, -0.1) is 0 Å². The van der Waals surface area contributed by atoms with Gasteiger partial charge in [0, 0.05) is 13.1 Å². The average Bonchev–Trinajstić information content (AvgIpc) is 2.92. The number of ether oxygens (including phenoxy) is 2. The van der Waals surface area contributed by atoms with Crippen molar-refractivity contribution in [3.63, 3.8) is 0 Å². The van der Waals surface area contributed by atoms with Gasteiger partial charge in [-0.3, -0.25) is 4.68 Å². The summed E-state index contributed by atoms with van der Waals surface area (Å²) in [6.07, 6.45) is 1.37. The van der Waals surface area contributed by atoms with Crippen molar-refractivity contribution in [2.45, 2.75) is 31.7 Å². The Hall–Kier alpha value is -2.06. The van der Waals surface area contributed by atoms with Crippen LogP contribution in [0.2, 0.25) is 0 Å². The number of fused-ring (bicyclic) bond motifs is 1. The molecule has 0 radical (unpaired) electrons. The molecule has 0 saturated heterocycles. The molecule has 2 aromatic rings. The van der Waals surface area contributed by atoms with Gasteiger partial charge in [-0.05, 0) is 30.5 Å². The Kier molecular flexibility index (Phi) is 4.75. The van der Waals surface area contributed by atoms with Crippen molar-refractivity contribution >= 4 is 10.0 Å². The van der Waals surface area contributed by atoms with E-state index in [9.17, 15) is 8.42 Å². The molecule has 8 heteroatoms. The molecule has 0 aliphatic carbocycles. The van der Waals surface area contributed by atoms with Gasteiger partial charge in [0.2, 0.25) is 10.0 Å². The van der Waals surface area contributed by atoms with E-state index in [1.54, 1.807) is 18.7 Å². The fourth-order valence-corrected chi connectivity index (χ4v) is 4.39. The first-order valence-electron chi connectivity index (χ1n) is 8.20. The Labute approximate surface area is 148 Å². The van der Waals surface area contributed by atoms with Gasteiger partial charge in [-0.2, -0.15) is 5.10 Å². The maximum absolute atomic E-state index is 12.8. The molecule has 1 aromatic heterocycles. The molecule has 0 saturated carbocycles. The van der Waals surface area contributed by atoms with Crippen LogP contribution in [0, 0.1) is 12.8 Å². The highest BCUT2D eigenvalue weighted by molar-refractivity contribution is 7.89. The molecular weight excluding hydrogens is 342 g/mol. The van der Waals surface area contributed by atoms with E-state index >= 15 is 0 Å². The lowest BCUT2D eigenvalue weighted by molar-refractivity contribution is 0.171. The average molecular weight is 365 g/mol. The molecule has 1 atom stereocenters. The SMILES string of the molecule is Cc1c(S(=O)(=O)N[C@@H](c2ccc3c(c2)OCCO3)C(C)C)cnn1C. The first-order valence-corrected chi connectivity index (χ1v) is 9.68. The van der Waals surface area contributed by atoms with Gasteiger partial charge in [-0.1, -0.05) is 19.9 Å². The Balaban J connectivity index is 1.93. The zero-order valence-electron chi connectivity index (χ0n) is 14.8. The number of sulfonamides is 1. The quantitative estimate of drug-likeness (QED) is 0.878. The largest absolute Gasteiger partial charge is 0.486 e. The minimum atomic E-state index is -3.69. The van der Waals surface area contributed by atoms with Crippen LogP contribution in [0.25, 0.3) is 0 Å². The molecule has 1 aromatic carbocycles. The number of hydrogen-bond donors (Lipinski definition) is 1. The molecule has 136 valence electrons. The second-order valence-corrected chi connectivity index (χ2v) is 8.15. The first-order chi connectivity index (χ1) is 11.8. The summed E-state index contributed by atoms with van der Waals surface area (Å²) < 4.78 is 41.1. The predicted molar refractivity (Wildman–Crippen MR) is 93.3 cm³/mol. The molecule has 2 heterocycles. The number of benzene rings is 1. The highest BCUT2D eigenvalue weighted by Gasteiger charge is 2.27. The van der Waals surface area contributed by atoms with Crippen LogP contribution in [-0.4, -0.2) is 31.4 Å². The van der Waals surface area contributed by atoms with Gasteiger partial charge in [0.15, 0.2) is 11.5 Å². The topological polar surface area (TPSA) is 82.5 Å². The molecule has 0 fully saturated rings. The second-order valence-electron chi connectivity index (χ2n) is 6.46. The molecular formula is C17H23N3O4S. The summed E-state index contributed by atoms with van der Waals surface area (Å²) in [5.41, 5.74) is 1.43. The Morgan fingerprint density at radius 1 is 1.20 bits per heavy atom. The van der Waals surface area contributed by atoms with Crippen molar-refractivity contribution in [2.75, 3.05) is 13.2 Å². The van der Waals surface area contributed by atoms with E-state index in [4.69, 9.17) is 9.47 Å². The fourth-order valence-electron chi connectivity index (χ4n) is 2.82. The number of nitrogens with zero attached hydrogens (tertiary/aromatic N) is 2. The van der Waals surface area contributed by atoms with E-state index in [0.29, 0.717) is 30.4 Å². The molecule has 7 nitrogen and oxygen atoms in total. The summed E-state index contributed by atoms with van der Waals surface area (Å²) in [7, 11) is -1.97. The lowest BCUT2D eigenvalue weighted by Crippen LogP contribution is -2.32. The van der Waals surface area contributed by atoms with Gasteiger partial charge >= 0.3 is 0 Å². The van der Waals surface area contributed by atoms with Crippen LogP contribution in [-0.2, 0) is 17.1 Å². The summed E-state index contributed by atoms with van der Waals surface area (Å²) in [4.78, 5) is 0.193. The monoisotopic (exact) mass is 365 g/mol. The van der Waals surface area contributed by atoms with E-state index in [1.165, 1.54) is 6.20 Å². The van der Waals surface area contributed by atoms with Gasteiger partial charge in [0.05, 0.1) is 11.9 Å². The number of rotatable bonds is 5. The summed E-state index contributed by atoms with van der Waals surface area (Å²) in [5, 5.41) is 4.03. The van der Waals surface area contributed by atoms with Crippen molar-refractivity contribution in [2.24, 2.45) is 13.0 Å². The smallest absolute Gasteiger partial charge is 0.244 e. The minimum absolute atomic E-state index is 0.0503. The van der Waals surface area contributed by atoms with E-state index in [0.717, 1.165) is 5.56 Å². The van der Waals surface area contributed by atoms with E-state index in [1.807, 2.05) is 32.0 Å². The molecule has 0 unspecified atom stereocenters. The van der Waals surface area contributed by atoms with Crippen molar-refractivity contribution in [3.05, 3.63) is 35.7 Å². The zero-order valence-corrected chi connectivity index (χ0v) is 15.6. The zero-order chi connectivity index (χ0) is 18.2. The van der Waals surface area contributed by atoms with Crippen LogP contribution in [0.5, 0.6) is 11.5 Å². The highest BCUT2D eigenvalue weighted by Crippen LogP contribution is 2.35. The molecule has 0 amide bonds. The number of aromatic nitrogens is 2. The van der Waals surface area contributed by atoms with Crippen LogP contribution < -0.4 is 14.2 Å². The third-order valence-electron chi connectivity index (χ3n) is 4.35. The van der Waals surface area contributed by atoms with E-state index in [-0.39, 0.29) is 16.9 Å². The Bertz CT molecular complexity index is 874. The fraction of sp³-hybridized carbons (Fsp3) is 0.471.